The predicted octanol–water partition coefficient (Wildman–Crippen LogP) is 12.7. The summed E-state index contributed by atoms with van der Waals surface area (Å²) in [4.78, 5) is 13.7. The second kappa shape index (κ2) is 15.9. The van der Waals surface area contributed by atoms with Gasteiger partial charge in [0.25, 0.3) is 0 Å². The minimum atomic E-state index is 0. The molecule has 0 bridgehead atoms. The van der Waals surface area contributed by atoms with E-state index < -0.39 is 0 Å². The molecule has 2 heterocycles. The molecule has 0 N–H and O–H groups in total. The molecule has 1 aliphatic rings. The summed E-state index contributed by atoms with van der Waals surface area (Å²) in [5, 5.41) is 0. The monoisotopic (exact) mass is 889 g/mol. The molecule has 55 heavy (non-hydrogen) atoms. The minimum Gasteiger partial charge on any atom is -0.504 e. The molecule has 7 aromatic carbocycles. The van der Waals surface area contributed by atoms with Crippen molar-refractivity contribution in [3.05, 3.63) is 213 Å². The Morgan fingerprint density at radius 3 is 1.62 bits per heavy atom. The van der Waals surface area contributed by atoms with E-state index in [0.29, 0.717) is 0 Å². The third-order valence-electron chi connectivity index (χ3n) is 9.66. The molecule has 0 aliphatic carbocycles. The summed E-state index contributed by atoms with van der Waals surface area (Å²) in [5.74, 6) is 0.798. The second-order valence-corrected chi connectivity index (χ2v) is 13.1. The van der Waals surface area contributed by atoms with Crippen LogP contribution in [-0.4, -0.2) is 12.0 Å². The van der Waals surface area contributed by atoms with Crippen molar-refractivity contribution >= 4 is 51.3 Å². The van der Waals surface area contributed by atoms with Crippen LogP contribution >= 0.6 is 0 Å². The van der Waals surface area contributed by atoms with Gasteiger partial charge >= 0.3 is 0 Å². The zero-order valence-electron chi connectivity index (χ0n) is 30.1. The van der Waals surface area contributed by atoms with Crippen LogP contribution in [0.15, 0.2) is 194 Å². The molecule has 0 amide bonds. The quantitative estimate of drug-likeness (QED) is 0.135. The van der Waals surface area contributed by atoms with Gasteiger partial charge in [-0.1, -0.05) is 132 Å². The van der Waals surface area contributed by atoms with Crippen LogP contribution in [0.1, 0.15) is 0 Å². The van der Waals surface area contributed by atoms with Crippen LogP contribution < -0.4 is 19.6 Å². The summed E-state index contributed by atoms with van der Waals surface area (Å²) >= 11 is 0. The molecule has 0 radical (unpaired) electrons. The number of pyridine rings is 1. The van der Waals surface area contributed by atoms with E-state index in [1.54, 1.807) is 0 Å². The third-order valence-corrected chi connectivity index (χ3v) is 9.66. The van der Waals surface area contributed by atoms with E-state index in [1.165, 1.54) is 0 Å². The van der Waals surface area contributed by atoms with Crippen LogP contribution in [0.5, 0.6) is 0 Å². The Morgan fingerprint density at radius 1 is 0.473 bits per heavy atom. The third kappa shape index (κ3) is 7.03. The summed E-state index contributed by atoms with van der Waals surface area (Å²) in [5.41, 5.74) is 12.3. The summed E-state index contributed by atoms with van der Waals surface area (Å²) in [6.07, 6.45) is 1.84. The zero-order chi connectivity index (χ0) is 36.3. The first-order valence-corrected chi connectivity index (χ1v) is 18.0. The molecule has 5 nitrogen and oxygen atoms in total. The van der Waals surface area contributed by atoms with Crippen molar-refractivity contribution < 1.29 is 21.1 Å². The number of aromatic nitrogens is 1. The van der Waals surface area contributed by atoms with Crippen LogP contribution in [0.2, 0.25) is 0 Å². The minimum absolute atomic E-state index is 0. The van der Waals surface area contributed by atoms with Gasteiger partial charge in [-0.15, -0.1) is 42.1 Å². The van der Waals surface area contributed by atoms with Crippen molar-refractivity contribution in [2.24, 2.45) is 0 Å². The molecule has 6 heteroatoms. The summed E-state index contributed by atoms with van der Waals surface area (Å²) in [7, 11) is 2.08. The van der Waals surface area contributed by atoms with Gasteiger partial charge in [-0.2, -0.15) is 18.8 Å². The molecule has 0 spiro atoms. The number of fused-ring (bicyclic) bond motifs is 1. The molecular weight excluding hydrogens is 854 g/mol. The van der Waals surface area contributed by atoms with Crippen molar-refractivity contribution in [2.75, 3.05) is 26.6 Å². The molecule has 270 valence electrons. The number of para-hydroxylation sites is 4. The molecule has 1 aliphatic heterocycles. The van der Waals surface area contributed by atoms with E-state index in [9.17, 15) is 0 Å². The molecule has 0 atom stereocenters. The predicted molar refractivity (Wildman–Crippen MR) is 223 cm³/mol. The van der Waals surface area contributed by atoms with E-state index in [0.717, 1.165) is 73.6 Å². The van der Waals surface area contributed by atoms with E-state index >= 15 is 0 Å². The number of hydrogen-bond donors (Lipinski definition) is 0. The average molecular weight is 890 g/mol. The van der Waals surface area contributed by atoms with Crippen molar-refractivity contribution in [3.8, 4) is 22.3 Å². The smallest absolute Gasteiger partial charge is 0.135 e. The Morgan fingerprint density at radius 2 is 0.982 bits per heavy atom. The van der Waals surface area contributed by atoms with Crippen LogP contribution in [0.4, 0.5) is 51.3 Å². The molecule has 0 unspecified atom stereocenters. The van der Waals surface area contributed by atoms with Gasteiger partial charge in [0.15, 0.2) is 0 Å². The number of benzene rings is 7. The number of rotatable bonds is 9. The fourth-order valence-corrected chi connectivity index (χ4v) is 7.19. The standard InChI is InChI=1S/C49H36N5.Pt/c1-51-36-52(48-31-13-12-30-47(48)51)39-22-16-23-40(34-39)53(45-28-10-8-26-43(45)37-18-4-2-5-19-37)41-24-17-25-42(35-41)54(49-32-14-15-33-50-49)46-29-11-9-27-44(46)38-20-6-3-7-21-38;/h2-33,36H,1H3;/q-3;. The van der Waals surface area contributed by atoms with E-state index in [-0.39, 0.29) is 21.1 Å². The molecule has 9 rings (SSSR count). The van der Waals surface area contributed by atoms with E-state index in [1.807, 2.05) is 30.5 Å². The Balaban J connectivity index is 0.00000427. The molecule has 1 aromatic heterocycles. The Kier molecular flexibility index (Phi) is 10.3. The maximum Gasteiger partial charge on any atom is 0.135 e. The molecule has 0 saturated carbocycles. The van der Waals surface area contributed by atoms with Crippen LogP contribution in [0.3, 0.4) is 0 Å². The van der Waals surface area contributed by atoms with Crippen molar-refractivity contribution in [1.29, 1.82) is 0 Å². The van der Waals surface area contributed by atoms with Gasteiger partial charge in [-0.3, -0.25) is 0 Å². The Labute approximate surface area is 337 Å². The molecule has 0 saturated heterocycles. The van der Waals surface area contributed by atoms with Crippen LogP contribution in [0.25, 0.3) is 22.3 Å². The summed E-state index contributed by atoms with van der Waals surface area (Å²) in [6, 6.07) is 72.9. The van der Waals surface area contributed by atoms with Gasteiger partial charge in [0.1, 0.15) is 5.82 Å². The number of nitrogens with zero attached hydrogens (tertiary/aromatic N) is 5. The Bertz CT molecular complexity index is 2530. The SMILES string of the molecule is CN1[CH-]N(c2[c-]c(N(c3[c-]c(N(c4ccccn4)c4ccccc4-c4ccccc4)ccc3)c3ccccc3-c3ccccc3)ccc2)c2ccccc21.[Pt]. The van der Waals surface area contributed by atoms with Crippen molar-refractivity contribution in [3.63, 3.8) is 0 Å². The molecular formula is C49H36N5Pt-3. The average Bonchev–Trinajstić information content (AvgIpc) is 3.59. The maximum absolute atomic E-state index is 4.86. The van der Waals surface area contributed by atoms with Gasteiger partial charge in [0, 0.05) is 55.5 Å². The largest absolute Gasteiger partial charge is 0.504 e. The van der Waals surface area contributed by atoms with Crippen LogP contribution in [-0.2, 0) is 21.1 Å². The van der Waals surface area contributed by atoms with E-state index in [2.05, 4.69) is 209 Å². The maximum atomic E-state index is 4.86. The summed E-state index contributed by atoms with van der Waals surface area (Å²) in [6.45, 7) is 2.12. The second-order valence-electron chi connectivity index (χ2n) is 13.1. The van der Waals surface area contributed by atoms with E-state index in [4.69, 9.17) is 4.98 Å². The molecule has 8 aromatic rings. The normalized spacial score (nSPS) is 11.8. The number of anilines is 9. The van der Waals surface area contributed by atoms with Gasteiger partial charge < -0.3 is 19.6 Å². The first-order valence-electron chi connectivity index (χ1n) is 18.0. The van der Waals surface area contributed by atoms with Crippen molar-refractivity contribution in [2.45, 2.75) is 0 Å². The van der Waals surface area contributed by atoms with Gasteiger partial charge in [0.05, 0.1) is 5.69 Å². The fraction of sp³-hybridized carbons (Fsp3) is 0.0204. The topological polar surface area (TPSA) is 25.9 Å². The van der Waals surface area contributed by atoms with Gasteiger partial charge in [-0.25, -0.2) is 4.98 Å². The zero-order valence-corrected chi connectivity index (χ0v) is 32.4. The van der Waals surface area contributed by atoms with Crippen molar-refractivity contribution in [1.82, 2.24) is 4.98 Å². The first kappa shape index (κ1) is 35.6. The van der Waals surface area contributed by atoms with Gasteiger partial charge in [0.2, 0.25) is 0 Å². The number of hydrogen-bond acceptors (Lipinski definition) is 5. The summed E-state index contributed by atoms with van der Waals surface area (Å²) < 4.78 is 0. The fourth-order valence-electron chi connectivity index (χ4n) is 7.19. The molecule has 0 fully saturated rings. The van der Waals surface area contributed by atoms with Crippen LogP contribution in [0, 0.1) is 18.8 Å². The Hall–Kier alpha value is -6.42. The van der Waals surface area contributed by atoms with Gasteiger partial charge in [-0.05, 0) is 54.6 Å². The first-order chi connectivity index (χ1) is 26.7.